The Kier molecular flexibility index (Phi) is 4.24. The van der Waals surface area contributed by atoms with Crippen molar-refractivity contribution in [2.24, 2.45) is 5.10 Å². The molecule has 0 saturated heterocycles. The van der Waals surface area contributed by atoms with Gasteiger partial charge in [0.15, 0.2) is 11.5 Å². The zero-order valence-corrected chi connectivity index (χ0v) is 14.8. The Bertz CT molecular complexity index is 891. The van der Waals surface area contributed by atoms with Crippen LogP contribution in [0.4, 0.5) is 0 Å². The molecule has 2 aromatic rings. The molecule has 2 aliphatic heterocycles. The van der Waals surface area contributed by atoms with Gasteiger partial charge >= 0.3 is 0 Å². The molecule has 0 aliphatic carbocycles. The Labute approximate surface area is 152 Å². The number of amides is 1. The second-order valence-electron chi connectivity index (χ2n) is 6.22. The van der Waals surface area contributed by atoms with Gasteiger partial charge in [-0.25, -0.2) is 5.01 Å². The number of carbonyl (C=O) groups excluding carboxylic acids is 1. The molecule has 134 valence electrons. The lowest BCUT2D eigenvalue weighted by atomic mass is 10.1. The van der Waals surface area contributed by atoms with Gasteiger partial charge in [-0.2, -0.15) is 5.10 Å². The molecule has 0 atom stereocenters. The summed E-state index contributed by atoms with van der Waals surface area (Å²) >= 11 is 0. The molecule has 0 spiro atoms. The lowest BCUT2D eigenvalue weighted by molar-refractivity contribution is 0.0778. The third-order valence-corrected chi connectivity index (χ3v) is 4.69. The maximum absolute atomic E-state index is 12.8. The predicted octanol–water partition coefficient (Wildman–Crippen LogP) is 2.89. The van der Waals surface area contributed by atoms with Gasteiger partial charge in [-0.15, -0.1) is 0 Å². The van der Waals surface area contributed by atoms with E-state index in [2.05, 4.69) is 5.10 Å². The van der Waals surface area contributed by atoms with Gasteiger partial charge < -0.3 is 14.2 Å². The van der Waals surface area contributed by atoms with Crippen LogP contribution in [0.2, 0.25) is 0 Å². The minimum atomic E-state index is -0.0878. The molecule has 0 unspecified atom stereocenters. The number of fused-ring (bicyclic) bond motifs is 1. The Balaban J connectivity index is 1.57. The number of ether oxygens (including phenoxy) is 3. The Morgan fingerprint density at radius 2 is 1.92 bits per heavy atom. The number of hydrogen-bond acceptors (Lipinski definition) is 5. The van der Waals surface area contributed by atoms with E-state index in [1.54, 1.807) is 20.3 Å². The zero-order chi connectivity index (χ0) is 18.1. The van der Waals surface area contributed by atoms with Crippen molar-refractivity contribution in [1.29, 1.82) is 0 Å². The van der Waals surface area contributed by atoms with E-state index in [9.17, 15) is 4.79 Å². The molecule has 0 N–H and O–H groups in total. The van der Waals surface area contributed by atoms with Crippen molar-refractivity contribution in [2.45, 2.75) is 12.8 Å². The molecule has 0 fully saturated rings. The molecular formula is C20H20N2O4. The van der Waals surface area contributed by atoms with Crippen molar-refractivity contribution in [3.63, 3.8) is 0 Å². The van der Waals surface area contributed by atoms with Crippen molar-refractivity contribution in [2.75, 3.05) is 27.4 Å². The first kappa shape index (κ1) is 16.4. The van der Waals surface area contributed by atoms with Crippen LogP contribution >= 0.6 is 0 Å². The van der Waals surface area contributed by atoms with E-state index in [4.69, 9.17) is 14.2 Å². The molecule has 1 amide bonds. The fourth-order valence-corrected chi connectivity index (χ4v) is 3.29. The van der Waals surface area contributed by atoms with Crippen molar-refractivity contribution >= 4 is 11.6 Å². The monoisotopic (exact) mass is 352 g/mol. The van der Waals surface area contributed by atoms with Gasteiger partial charge in [-0.05, 0) is 42.0 Å². The van der Waals surface area contributed by atoms with Crippen LogP contribution in [0, 0.1) is 0 Å². The van der Waals surface area contributed by atoms with Gasteiger partial charge in [0.2, 0.25) is 0 Å². The van der Waals surface area contributed by atoms with E-state index in [0.717, 1.165) is 29.0 Å². The average molecular weight is 352 g/mol. The SMILES string of the molecule is COc1ccc(C2=NN(C(=O)c3ccc4c(c3)CCO4)CC2)cc1OC. The maximum atomic E-state index is 12.8. The van der Waals surface area contributed by atoms with Crippen LogP contribution in [0.5, 0.6) is 17.2 Å². The van der Waals surface area contributed by atoms with Crippen LogP contribution in [0.1, 0.15) is 27.9 Å². The molecule has 0 saturated carbocycles. The first-order valence-corrected chi connectivity index (χ1v) is 8.57. The molecule has 4 rings (SSSR count). The molecule has 6 heteroatoms. The highest BCUT2D eigenvalue weighted by atomic mass is 16.5. The number of methoxy groups -OCH3 is 2. The van der Waals surface area contributed by atoms with E-state index in [1.165, 1.54) is 5.01 Å². The normalized spacial score (nSPS) is 15.3. The number of rotatable bonds is 4. The summed E-state index contributed by atoms with van der Waals surface area (Å²) in [6.45, 7) is 1.24. The molecule has 26 heavy (non-hydrogen) atoms. The molecule has 0 aromatic heterocycles. The van der Waals surface area contributed by atoms with Crippen molar-refractivity contribution in [3.05, 3.63) is 53.1 Å². The van der Waals surface area contributed by atoms with Crippen LogP contribution in [0.15, 0.2) is 41.5 Å². The summed E-state index contributed by atoms with van der Waals surface area (Å²) < 4.78 is 16.1. The highest BCUT2D eigenvalue weighted by Crippen LogP contribution is 2.30. The summed E-state index contributed by atoms with van der Waals surface area (Å²) in [5.74, 6) is 2.10. The van der Waals surface area contributed by atoms with Gasteiger partial charge in [0, 0.05) is 24.0 Å². The molecular weight excluding hydrogens is 332 g/mol. The predicted molar refractivity (Wildman–Crippen MR) is 97.4 cm³/mol. The van der Waals surface area contributed by atoms with Crippen molar-refractivity contribution in [1.82, 2.24) is 5.01 Å². The van der Waals surface area contributed by atoms with E-state index in [0.29, 0.717) is 36.6 Å². The minimum absolute atomic E-state index is 0.0878. The Morgan fingerprint density at radius 1 is 1.08 bits per heavy atom. The summed E-state index contributed by atoms with van der Waals surface area (Å²) in [5.41, 5.74) is 3.52. The second kappa shape index (κ2) is 6.71. The largest absolute Gasteiger partial charge is 0.493 e. The molecule has 2 aromatic carbocycles. The van der Waals surface area contributed by atoms with E-state index >= 15 is 0 Å². The topological polar surface area (TPSA) is 60.4 Å². The number of carbonyl (C=O) groups is 1. The van der Waals surface area contributed by atoms with Crippen molar-refractivity contribution < 1.29 is 19.0 Å². The highest BCUT2D eigenvalue weighted by molar-refractivity contribution is 6.04. The summed E-state index contributed by atoms with van der Waals surface area (Å²) in [7, 11) is 3.21. The summed E-state index contributed by atoms with van der Waals surface area (Å²) in [6.07, 6.45) is 1.55. The maximum Gasteiger partial charge on any atom is 0.273 e. The zero-order valence-electron chi connectivity index (χ0n) is 14.8. The summed E-state index contributed by atoms with van der Waals surface area (Å²) in [4.78, 5) is 12.8. The molecule has 2 aliphatic rings. The minimum Gasteiger partial charge on any atom is -0.493 e. The van der Waals surface area contributed by atoms with Crippen LogP contribution in [-0.4, -0.2) is 44.0 Å². The fourth-order valence-electron chi connectivity index (χ4n) is 3.29. The van der Waals surface area contributed by atoms with E-state index in [-0.39, 0.29) is 5.91 Å². The fraction of sp³-hybridized carbons (Fsp3) is 0.300. The van der Waals surface area contributed by atoms with Gasteiger partial charge in [0.1, 0.15) is 5.75 Å². The van der Waals surface area contributed by atoms with Gasteiger partial charge in [-0.1, -0.05) is 0 Å². The standard InChI is InChI=1S/C20H20N2O4/c1-24-18-6-3-13(12-19(18)25-2)16-7-9-22(21-16)20(23)15-4-5-17-14(11-15)8-10-26-17/h3-6,11-12H,7-10H2,1-2H3. The van der Waals surface area contributed by atoms with Gasteiger partial charge in [0.25, 0.3) is 5.91 Å². The Morgan fingerprint density at radius 3 is 2.73 bits per heavy atom. The number of nitrogens with zero attached hydrogens (tertiary/aromatic N) is 2. The Hall–Kier alpha value is -3.02. The van der Waals surface area contributed by atoms with E-state index in [1.807, 2.05) is 30.3 Å². The summed E-state index contributed by atoms with van der Waals surface area (Å²) in [6, 6.07) is 11.2. The first-order chi connectivity index (χ1) is 12.7. The average Bonchev–Trinajstić information content (AvgIpc) is 3.35. The third kappa shape index (κ3) is 2.87. The first-order valence-electron chi connectivity index (χ1n) is 8.57. The van der Waals surface area contributed by atoms with Crippen molar-refractivity contribution in [3.8, 4) is 17.2 Å². The number of hydrogen-bond donors (Lipinski definition) is 0. The number of hydrazone groups is 1. The van der Waals surface area contributed by atoms with Gasteiger partial charge in [0.05, 0.1) is 33.1 Å². The second-order valence-corrected chi connectivity index (χ2v) is 6.22. The highest BCUT2D eigenvalue weighted by Gasteiger charge is 2.24. The third-order valence-electron chi connectivity index (χ3n) is 4.69. The quantitative estimate of drug-likeness (QED) is 0.849. The number of benzene rings is 2. The lowest BCUT2D eigenvalue weighted by Crippen LogP contribution is -2.23. The van der Waals surface area contributed by atoms with E-state index < -0.39 is 0 Å². The smallest absolute Gasteiger partial charge is 0.273 e. The lowest BCUT2D eigenvalue weighted by Gasteiger charge is -2.12. The van der Waals surface area contributed by atoms with Gasteiger partial charge in [-0.3, -0.25) is 4.79 Å². The molecule has 0 bridgehead atoms. The summed E-state index contributed by atoms with van der Waals surface area (Å²) in [5, 5.41) is 6.06. The van der Waals surface area contributed by atoms with Crippen LogP contribution < -0.4 is 14.2 Å². The molecule has 0 radical (unpaired) electrons. The molecule has 2 heterocycles. The van der Waals surface area contributed by atoms with Crippen LogP contribution in [0.25, 0.3) is 0 Å². The van der Waals surface area contributed by atoms with Crippen LogP contribution in [0.3, 0.4) is 0 Å². The van der Waals surface area contributed by atoms with Crippen LogP contribution in [-0.2, 0) is 6.42 Å². The molecule has 6 nitrogen and oxygen atoms in total.